The van der Waals surface area contributed by atoms with Crippen LogP contribution < -0.4 is 30.5 Å². The first kappa shape index (κ1) is 27.1. The Morgan fingerprint density at radius 1 is 0.902 bits per heavy atom. The summed E-state index contributed by atoms with van der Waals surface area (Å²) in [4.78, 5) is 40.9. The molecule has 4 aromatic rings. The van der Waals surface area contributed by atoms with Crippen LogP contribution in [0.1, 0.15) is 18.4 Å². The number of ether oxygens (including phenoxy) is 3. The highest BCUT2D eigenvalue weighted by Gasteiger charge is 2.26. The van der Waals surface area contributed by atoms with Crippen LogP contribution in [0.25, 0.3) is 21.8 Å². The molecule has 2 aliphatic heterocycles. The van der Waals surface area contributed by atoms with E-state index in [9.17, 15) is 9.59 Å². The second kappa shape index (κ2) is 11.0. The maximum Gasteiger partial charge on any atom is 0.331 e. The third-order valence-corrected chi connectivity index (χ3v) is 8.32. The van der Waals surface area contributed by atoms with Gasteiger partial charge in [0.05, 0.1) is 43.9 Å². The van der Waals surface area contributed by atoms with Crippen LogP contribution in [0.2, 0.25) is 0 Å². The smallest absolute Gasteiger partial charge is 0.331 e. The first-order chi connectivity index (χ1) is 19.9. The lowest BCUT2D eigenvalue weighted by atomic mass is 9.96. The molecular formula is C30H36N6O5. The van der Waals surface area contributed by atoms with Gasteiger partial charge < -0.3 is 24.0 Å². The molecule has 41 heavy (non-hydrogen) atoms. The molecule has 2 aliphatic rings. The Hall–Kier alpha value is -4.12. The third-order valence-electron chi connectivity index (χ3n) is 8.32. The minimum Gasteiger partial charge on any atom is -0.493 e. The summed E-state index contributed by atoms with van der Waals surface area (Å²) in [6.45, 7) is 6.59. The maximum absolute atomic E-state index is 13.3. The molecule has 0 bridgehead atoms. The fourth-order valence-corrected chi connectivity index (χ4v) is 5.95. The summed E-state index contributed by atoms with van der Waals surface area (Å²) in [5.41, 5.74) is 1.96. The fourth-order valence-electron chi connectivity index (χ4n) is 5.95. The van der Waals surface area contributed by atoms with E-state index in [4.69, 9.17) is 24.2 Å². The molecule has 2 aromatic heterocycles. The molecule has 0 radical (unpaired) electrons. The number of nitrogens with zero attached hydrogens (tertiary/aromatic N) is 6. The number of hydrogen-bond acceptors (Lipinski definition) is 9. The Balaban J connectivity index is 1.30. The summed E-state index contributed by atoms with van der Waals surface area (Å²) in [7, 11) is 4.97. The zero-order valence-electron chi connectivity index (χ0n) is 24.1. The van der Waals surface area contributed by atoms with E-state index in [1.165, 1.54) is 4.57 Å². The van der Waals surface area contributed by atoms with E-state index in [0.717, 1.165) is 61.3 Å². The van der Waals surface area contributed by atoms with Gasteiger partial charge in [-0.05, 0) is 43.9 Å². The standard InChI is InChI=1S/C30H36N6O5/c1-19-5-6-24-22(15-19)28(37)36(30(38)33(24)2)18-20-7-9-34(10-8-20)27-21-16-25(39-3)26(40-4)17-23(21)31-29(32-27)35-11-13-41-14-12-35/h5-6,15-17,20H,7-14,18H2,1-4H3. The number of morpholine rings is 1. The van der Waals surface area contributed by atoms with Gasteiger partial charge in [-0.3, -0.25) is 13.9 Å². The Morgan fingerprint density at radius 2 is 1.61 bits per heavy atom. The van der Waals surface area contributed by atoms with Gasteiger partial charge in [0.25, 0.3) is 5.56 Å². The van der Waals surface area contributed by atoms with Crippen LogP contribution in [-0.2, 0) is 18.3 Å². The van der Waals surface area contributed by atoms with E-state index >= 15 is 0 Å². The predicted octanol–water partition coefficient (Wildman–Crippen LogP) is 2.72. The van der Waals surface area contributed by atoms with Crippen LogP contribution in [0.5, 0.6) is 11.5 Å². The SMILES string of the molecule is COc1cc2nc(N3CCOCC3)nc(N3CCC(Cn4c(=O)c5cc(C)ccc5n(C)c4=O)CC3)c2cc1OC. The molecule has 2 fully saturated rings. The maximum atomic E-state index is 13.3. The molecule has 0 spiro atoms. The fraction of sp³-hybridized carbons (Fsp3) is 0.467. The Labute approximate surface area is 237 Å². The lowest BCUT2D eigenvalue weighted by Gasteiger charge is -2.34. The van der Waals surface area contributed by atoms with Crippen molar-refractivity contribution < 1.29 is 14.2 Å². The van der Waals surface area contributed by atoms with Crippen LogP contribution in [0.3, 0.4) is 0 Å². The molecular weight excluding hydrogens is 524 g/mol. The molecule has 0 N–H and O–H groups in total. The number of hydrogen-bond donors (Lipinski definition) is 0. The number of piperidine rings is 1. The number of rotatable bonds is 6. The van der Waals surface area contributed by atoms with Crippen molar-refractivity contribution in [1.29, 1.82) is 0 Å². The zero-order valence-corrected chi connectivity index (χ0v) is 24.1. The summed E-state index contributed by atoms with van der Waals surface area (Å²) in [6, 6.07) is 9.48. The van der Waals surface area contributed by atoms with Crippen LogP contribution >= 0.6 is 0 Å². The summed E-state index contributed by atoms with van der Waals surface area (Å²) in [6.07, 6.45) is 1.65. The van der Waals surface area contributed by atoms with Crippen LogP contribution in [0.15, 0.2) is 39.9 Å². The Kier molecular flexibility index (Phi) is 7.29. The molecule has 216 valence electrons. The van der Waals surface area contributed by atoms with E-state index in [1.807, 2.05) is 37.3 Å². The first-order valence-electron chi connectivity index (χ1n) is 14.1. The van der Waals surface area contributed by atoms with Gasteiger partial charge in [0, 0.05) is 51.2 Å². The Morgan fingerprint density at radius 3 is 2.32 bits per heavy atom. The monoisotopic (exact) mass is 560 g/mol. The van der Waals surface area contributed by atoms with Crippen LogP contribution in [-0.4, -0.2) is 72.7 Å². The number of aromatic nitrogens is 4. The van der Waals surface area contributed by atoms with E-state index in [0.29, 0.717) is 48.1 Å². The van der Waals surface area contributed by atoms with Gasteiger partial charge in [-0.25, -0.2) is 9.78 Å². The van der Waals surface area contributed by atoms with Crippen LogP contribution in [0.4, 0.5) is 11.8 Å². The largest absolute Gasteiger partial charge is 0.493 e. The van der Waals surface area contributed by atoms with Gasteiger partial charge in [0.1, 0.15) is 5.82 Å². The van der Waals surface area contributed by atoms with Crippen molar-refractivity contribution in [2.75, 3.05) is 63.4 Å². The summed E-state index contributed by atoms with van der Waals surface area (Å²) < 4.78 is 19.7. The minimum atomic E-state index is -0.272. The molecule has 6 rings (SSSR count). The van der Waals surface area contributed by atoms with E-state index in [2.05, 4.69) is 9.80 Å². The summed E-state index contributed by atoms with van der Waals surface area (Å²) >= 11 is 0. The topological polar surface area (TPSA) is 104 Å². The minimum absolute atomic E-state index is 0.195. The molecule has 2 aromatic carbocycles. The predicted molar refractivity (Wildman–Crippen MR) is 159 cm³/mol. The second-order valence-electron chi connectivity index (χ2n) is 10.9. The van der Waals surface area contributed by atoms with Crippen LogP contribution in [0, 0.1) is 12.8 Å². The second-order valence-corrected chi connectivity index (χ2v) is 10.9. The van der Waals surface area contributed by atoms with Crippen molar-refractivity contribution in [3.8, 4) is 11.5 Å². The molecule has 0 aliphatic carbocycles. The summed E-state index contributed by atoms with van der Waals surface area (Å²) in [5.74, 6) is 2.96. The van der Waals surface area contributed by atoms with Gasteiger partial charge in [-0.1, -0.05) is 11.6 Å². The average Bonchev–Trinajstić information content (AvgIpc) is 3.01. The highest BCUT2D eigenvalue weighted by molar-refractivity contribution is 5.93. The molecule has 11 heteroatoms. The number of aryl methyl sites for hydroxylation is 2. The average molecular weight is 561 g/mol. The number of anilines is 2. The molecule has 11 nitrogen and oxygen atoms in total. The molecule has 0 saturated carbocycles. The molecule has 0 amide bonds. The van der Waals surface area contributed by atoms with Crippen molar-refractivity contribution in [3.63, 3.8) is 0 Å². The molecule has 0 atom stereocenters. The van der Waals surface area contributed by atoms with Gasteiger partial charge in [0.2, 0.25) is 5.95 Å². The van der Waals surface area contributed by atoms with Gasteiger partial charge >= 0.3 is 5.69 Å². The van der Waals surface area contributed by atoms with Crippen molar-refractivity contribution in [3.05, 3.63) is 56.7 Å². The van der Waals surface area contributed by atoms with Crippen molar-refractivity contribution in [2.45, 2.75) is 26.3 Å². The van der Waals surface area contributed by atoms with Crippen molar-refractivity contribution in [2.24, 2.45) is 13.0 Å². The lowest BCUT2D eigenvalue weighted by Crippen LogP contribution is -2.43. The highest BCUT2D eigenvalue weighted by atomic mass is 16.5. The quantitative estimate of drug-likeness (QED) is 0.352. The van der Waals surface area contributed by atoms with Crippen molar-refractivity contribution in [1.82, 2.24) is 19.1 Å². The van der Waals surface area contributed by atoms with Gasteiger partial charge in [-0.2, -0.15) is 4.98 Å². The summed E-state index contributed by atoms with van der Waals surface area (Å²) in [5, 5.41) is 1.48. The number of benzene rings is 2. The van der Waals surface area contributed by atoms with Gasteiger partial charge in [-0.15, -0.1) is 0 Å². The first-order valence-corrected chi connectivity index (χ1v) is 14.1. The van der Waals surface area contributed by atoms with Gasteiger partial charge in [0.15, 0.2) is 11.5 Å². The highest BCUT2D eigenvalue weighted by Crippen LogP contribution is 2.37. The number of methoxy groups -OCH3 is 2. The lowest BCUT2D eigenvalue weighted by molar-refractivity contribution is 0.122. The zero-order chi connectivity index (χ0) is 28.7. The number of fused-ring (bicyclic) bond motifs is 2. The van der Waals surface area contributed by atoms with E-state index < -0.39 is 0 Å². The Bertz CT molecular complexity index is 1720. The molecule has 2 saturated heterocycles. The van der Waals surface area contributed by atoms with E-state index in [-0.39, 0.29) is 17.2 Å². The normalized spacial score (nSPS) is 16.5. The molecule has 0 unspecified atom stereocenters. The van der Waals surface area contributed by atoms with Crippen molar-refractivity contribution >= 4 is 33.6 Å². The van der Waals surface area contributed by atoms with E-state index in [1.54, 1.807) is 25.8 Å². The molecule has 4 heterocycles. The third kappa shape index (κ3) is 4.99.